The van der Waals surface area contributed by atoms with Gasteiger partial charge in [0.1, 0.15) is 0 Å². The number of rotatable bonds is 3. The molecule has 0 aromatic carbocycles. The van der Waals surface area contributed by atoms with Gasteiger partial charge in [-0.3, -0.25) is 4.99 Å². The second-order valence-corrected chi connectivity index (χ2v) is 6.04. The molecule has 0 radical (unpaired) electrons. The molecule has 0 saturated heterocycles. The van der Waals surface area contributed by atoms with Crippen LogP contribution < -0.4 is 10.6 Å². The monoisotopic (exact) mass is 237 g/mol. The first-order chi connectivity index (χ1) is 8.19. The van der Waals surface area contributed by atoms with Crippen LogP contribution in [-0.4, -0.2) is 25.6 Å². The third kappa shape index (κ3) is 3.90. The number of nitrogens with zero attached hydrogens (tertiary/aromatic N) is 1. The van der Waals surface area contributed by atoms with Crippen molar-refractivity contribution in [2.24, 2.45) is 22.7 Å². The minimum Gasteiger partial charge on any atom is -0.356 e. The van der Waals surface area contributed by atoms with Crippen LogP contribution in [0.15, 0.2) is 4.99 Å². The van der Waals surface area contributed by atoms with Crippen LogP contribution in [0.25, 0.3) is 0 Å². The fourth-order valence-electron chi connectivity index (χ4n) is 2.67. The molecule has 2 saturated carbocycles. The Bertz CT molecular complexity index is 267. The third-order valence-corrected chi connectivity index (χ3v) is 4.35. The normalized spacial score (nSPS) is 37.7. The Morgan fingerprint density at radius 2 is 1.82 bits per heavy atom. The maximum atomic E-state index is 4.30. The molecular weight excluding hydrogens is 210 g/mol. The lowest BCUT2D eigenvalue weighted by atomic mass is 9.83. The van der Waals surface area contributed by atoms with Crippen molar-refractivity contribution in [3.8, 4) is 0 Å². The van der Waals surface area contributed by atoms with E-state index >= 15 is 0 Å². The number of hydrogen-bond acceptors (Lipinski definition) is 1. The summed E-state index contributed by atoms with van der Waals surface area (Å²) >= 11 is 0. The molecule has 0 bridgehead atoms. The minimum absolute atomic E-state index is 0.660. The van der Waals surface area contributed by atoms with E-state index in [2.05, 4.69) is 29.5 Å². The van der Waals surface area contributed by atoms with Gasteiger partial charge in [0.15, 0.2) is 5.96 Å². The van der Waals surface area contributed by atoms with E-state index in [1.807, 2.05) is 7.05 Å². The third-order valence-electron chi connectivity index (χ3n) is 4.35. The van der Waals surface area contributed by atoms with Crippen LogP contribution in [-0.2, 0) is 0 Å². The molecule has 2 aliphatic rings. The number of nitrogens with one attached hydrogen (secondary N) is 2. The fourth-order valence-corrected chi connectivity index (χ4v) is 2.67. The molecule has 3 nitrogen and oxygen atoms in total. The molecule has 0 aromatic rings. The molecule has 98 valence electrons. The predicted octanol–water partition coefficient (Wildman–Crippen LogP) is 2.39. The highest BCUT2D eigenvalue weighted by Gasteiger charge is 2.33. The summed E-state index contributed by atoms with van der Waals surface area (Å²) in [4.78, 5) is 4.30. The Morgan fingerprint density at radius 1 is 1.18 bits per heavy atom. The predicted molar refractivity (Wildman–Crippen MR) is 73.2 cm³/mol. The first-order valence-corrected chi connectivity index (χ1v) is 7.16. The fraction of sp³-hybridized carbons (Fsp3) is 0.929. The highest BCUT2D eigenvalue weighted by molar-refractivity contribution is 5.80. The summed E-state index contributed by atoms with van der Waals surface area (Å²) < 4.78 is 0. The molecule has 2 atom stereocenters. The molecule has 2 unspecified atom stereocenters. The van der Waals surface area contributed by atoms with Crippen LogP contribution in [0.5, 0.6) is 0 Å². The molecule has 2 fully saturated rings. The largest absolute Gasteiger partial charge is 0.356 e. The number of aliphatic imine (C=N–C) groups is 1. The summed E-state index contributed by atoms with van der Waals surface area (Å²) in [6, 6.07) is 0.660. The minimum atomic E-state index is 0.660. The standard InChI is InChI=1S/C14H27N3/c1-10-4-6-12(7-5-10)9-16-14(15-3)17-13-8-11(13)2/h10-13H,4-9H2,1-3H3,(H2,15,16,17). The Balaban J connectivity index is 1.65. The van der Waals surface area contributed by atoms with Crippen molar-refractivity contribution in [3.05, 3.63) is 0 Å². The lowest BCUT2D eigenvalue weighted by Crippen LogP contribution is -2.41. The van der Waals surface area contributed by atoms with E-state index in [9.17, 15) is 0 Å². The molecule has 3 heteroatoms. The average Bonchev–Trinajstić information content (AvgIpc) is 3.02. The van der Waals surface area contributed by atoms with Gasteiger partial charge in [-0.15, -0.1) is 0 Å². The zero-order valence-corrected chi connectivity index (χ0v) is 11.5. The van der Waals surface area contributed by atoms with E-state index in [4.69, 9.17) is 0 Å². The second kappa shape index (κ2) is 5.74. The van der Waals surface area contributed by atoms with E-state index in [1.54, 1.807) is 0 Å². The van der Waals surface area contributed by atoms with Crippen molar-refractivity contribution in [2.75, 3.05) is 13.6 Å². The van der Waals surface area contributed by atoms with Crippen molar-refractivity contribution in [2.45, 2.75) is 52.0 Å². The van der Waals surface area contributed by atoms with Crippen molar-refractivity contribution >= 4 is 5.96 Å². The number of hydrogen-bond donors (Lipinski definition) is 2. The van der Waals surface area contributed by atoms with Crippen LogP contribution in [0.3, 0.4) is 0 Å². The Hall–Kier alpha value is -0.730. The second-order valence-electron chi connectivity index (χ2n) is 6.04. The van der Waals surface area contributed by atoms with Gasteiger partial charge in [-0.2, -0.15) is 0 Å². The van der Waals surface area contributed by atoms with E-state index < -0.39 is 0 Å². The van der Waals surface area contributed by atoms with Crippen LogP contribution in [0, 0.1) is 17.8 Å². The lowest BCUT2D eigenvalue weighted by molar-refractivity contribution is 0.289. The van der Waals surface area contributed by atoms with Crippen LogP contribution >= 0.6 is 0 Å². The topological polar surface area (TPSA) is 36.4 Å². The first-order valence-electron chi connectivity index (χ1n) is 7.16. The molecule has 0 spiro atoms. The summed E-state index contributed by atoms with van der Waals surface area (Å²) in [6.45, 7) is 5.75. The summed E-state index contributed by atoms with van der Waals surface area (Å²) in [5.74, 6) is 3.61. The van der Waals surface area contributed by atoms with Crippen LogP contribution in [0.4, 0.5) is 0 Å². The molecule has 2 aliphatic carbocycles. The Morgan fingerprint density at radius 3 is 2.35 bits per heavy atom. The molecule has 0 heterocycles. The summed E-state index contributed by atoms with van der Waals surface area (Å²) in [5.41, 5.74) is 0. The highest BCUT2D eigenvalue weighted by atomic mass is 15.2. The first kappa shape index (κ1) is 12.7. The van der Waals surface area contributed by atoms with Crippen LogP contribution in [0.1, 0.15) is 46.0 Å². The zero-order chi connectivity index (χ0) is 12.3. The SMILES string of the molecule is CN=C(NCC1CCC(C)CC1)NC1CC1C. The maximum absolute atomic E-state index is 4.30. The van der Waals surface area contributed by atoms with Crippen molar-refractivity contribution in [1.29, 1.82) is 0 Å². The summed E-state index contributed by atoms with van der Waals surface area (Å²) in [5, 5.41) is 6.96. The zero-order valence-electron chi connectivity index (χ0n) is 11.5. The molecule has 2 N–H and O–H groups in total. The van der Waals surface area contributed by atoms with Crippen molar-refractivity contribution < 1.29 is 0 Å². The Labute approximate surface area is 105 Å². The van der Waals surface area contributed by atoms with Crippen molar-refractivity contribution in [3.63, 3.8) is 0 Å². The van der Waals surface area contributed by atoms with Gasteiger partial charge >= 0.3 is 0 Å². The van der Waals surface area contributed by atoms with E-state index in [0.29, 0.717) is 6.04 Å². The summed E-state index contributed by atoms with van der Waals surface area (Å²) in [7, 11) is 1.87. The molecule has 0 aromatic heterocycles. The Kier molecular flexibility index (Phi) is 4.30. The highest BCUT2D eigenvalue weighted by Crippen LogP contribution is 2.29. The van der Waals surface area contributed by atoms with Gasteiger partial charge in [0.2, 0.25) is 0 Å². The number of guanidine groups is 1. The molecule has 2 rings (SSSR count). The van der Waals surface area contributed by atoms with E-state index in [-0.39, 0.29) is 0 Å². The van der Waals surface area contributed by atoms with Crippen LogP contribution in [0.2, 0.25) is 0 Å². The summed E-state index contributed by atoms with van der Waals surface area (Å²) in [6.07, 6.45) is 6.85. The van der Waals surface area contributed by atoms with Gasteiger partial charge in [-0.05, 0) is 37.0 Å². The maximum Gasteiger partial charge on any atom is 0.191 e. The van der Waals surface area contributed by atoms with Gasteiger partial charge in [0.05, 0.1) is 0 Å². The lowest BCUT2D eigenvalue weighted by Gasteiger charge is -2.26. The molecule has 17 heavy (non-hydrogen) atoms. The van der Waals surface area contributed by atoms with Gasteiger partial charge in [0.25, 0.3) is 0 Å². The molecule has 0 aliphatic heterocycles. The van der Waals surface area contributed by atoms with E-state index in [1.165, 1.54) is 32.1 Å². The van der Waals surface area contributed by atoms with Gasteiger partial charge in [-0.25, -0.2) is 0 Å². The quantitative estimate of drug-likeness (QED) is 0.584. The molecule has 0 amide bonds. The smallest absolute Gasteiger partial charge is 0.191 e. The van der Waals surface area contributed by atoms with Crippen molar-refractivity contribution in [1.82, 2.24) is 10.6 Å². The van der Waals surface area contributed by atoms with E-state index in [0.717, 1.165) is 30.3 Å². The molecular formula is C14H27N3. The van der Waals surface area contributed by atoms with Gasteiger partial charge in [0, 0.05) is 19.6 Å². The average molecular weight is 237 g/mol. The van der Waals surface area contributed by atoms with Gasteiger partial charge in [-0.1, -0.05) is 26.7 Å². The van der Waals surface area contributed by atoms with Gasteiger partial charge < -0.3 is 10.6 Å².